The van der Waals surface area contributed by atoms with Crippen LogP contribution in [0.2, 0.25) is 0 Å². The van der Waals surface area contributed by atoms with Crippen LogP contribution in [0, 0.1) is 35.0 Å². The number of hydrogen-bond donors (Lipinski definition) is 0. The molecule has 0 N–H and O–H groups in total. The van der Waals surface area contributed by atoms with Crippen molar-refractivity contribution in [2.24, 2.45) is 35.0 Å². The molecule has 0 aromatic rings. The van der Waals surface area contributed by atoms with Crippen LogP contribution in [-0.2, 0) is 14.4 Å². The first kappa shape index (κ1) is 25.8. The van der Waals surface area contributed by atoms with E-state index in [1.54, 1.807) is 13.8 Å². The minimum atomic E-state index is -0.435. The molecule has 4 unspecified atom stereocenters. The van der Waals surface area contributed by atoms with Crippen LogP contribution in [-0.4, -0.2) is 51.9 Å². The van der Waals surface area contributed by atoms with E-state index in [-0.39, 0.29) is 35.4 Å². The summed E-state index contributed by atoms with van der Waals surface area (Å²) in [5, 5.41) is 0. The van der Waals surface area contributed by atoms with E-state index in [1.165, 1.54) is 0 Å². The van der Waals surface area contributed by atoms with Crippen molar-refractivity contribution in [3.63, 3.8) is 0 Å². The Morgan fingerprint density at radius 1 is 0.967 bits per heavy atom. The average Bonchev–Trinajstić information content (AvgIpc) is 3.20. The van der Waals surface area contributed by atoms with Gasteiger partial charge in [0.25, 0.3) is 0 Å². The molecule has 3 rings (SSSR count). The zero-order valence-corrected chi connectivity index (χ0v) is 21.7. The lowest BCUT2D eigenvalue weighted by molar-refractivity contribution is -0.130. The number of allylic oxidation sites excluding steroid dienone is 1. The fourth-order valence-corrected chi connectivity index (χ4v) is 6.91. The van der Waals surface area contributed by atoms with Gasteiger partial charge in [-0.2, -0.15) is 0 Å². The van der Waals surface area contributed by atoms with Gasteiger partial charge in [0, 0.05) is 24.9 Å². The van der Waals surface area contributed by atoms with Gasteiger partial charge >= 0.3 is 0 Å². The molecule has 0 radical (unpaired) electrons. The average molecular weight is 455 g/mol. The molecule has 1 aliphatic carbocycles. The van der Waals surface area contributed by atoms with Crippen LogP contribution in [0.3, 0.4) is 0 Å². The Balaban J connectivity index is 0.000000248. The molecule has 10 atom stereocenters. The minimum absolute atomic E-state index is 0.0534. The first-order valence-corrected chi connectivity index (χ1v) is 12.1. The Morgan fingerprint density at radius 3 is 1.70 bits per heavy atom. The fraction of sp³-hybridized carbons (Fsp3) is 0.783. The zero-order chi connectivity index (χ0) is 23.0. The Morgan fingerprint density at radius 2 is 1.43 bits per heavy atom. The molecule has 1 saturated carbocycles. The molecule has 30 heavy (non-hydrogen) atoms. The summed E-state index contributed by atoms with van der Waals surface area (Å²) in [6.07, 6.45) is 3.00. The summed E-state index contributed by atoms with van der Waals surface area (Å²) in [6.45, 7) is 17.7. The predicted molar refractivity (Wildman–Crippen MR) is 129 cm³/mol. The van der Waals surface area contributed by atoms with Gasteiger partial charge in [-0.1, -0.05) is 52.6 Å². The molecule has 5 nitrogen and oxygen atoms in total. The summed E-state index contributed by atoms with van der Waals surface area (Å²) < 4.78 is 4.15. The maximum atomic E-state index is 12.6. The molecule has 0 aromatic carbocycles. The Kier molecular flexibility index (Phi) is 8.58. The second kappa shape index (κ2) is 9.99. The molecule has 2 aliphatic heterocycles. The van der Waals surface area contributed by atoms with Crippen molar-refractivity contribution in [2.75, 3.05) is 13.1 Å². The molecule has 0 amide bonds. The predicted octanol–water partition coefficient (Wildman–Crippen LogP) is 3.80. The monoisotopic (exact) mass is 454 g/mol. The number of Topliss-reactive ketones (excluding diaryl/α,β-unsaturated/α-hetero) is 3. The van der Waals surface area contributed by atoms with Crippen molar-refractivity contribution in [2.45, 2.75) is 66.5 Å². The van der Waals surface area contributed by atoms with E-state index in [1.807, 2.05) is 6.08 Å². The molecule has 2 heterocycles. The Hall–Kier alpha value is -0.470. The van der Waals surface area contributed by atoms with E-state index >= 15 is 0 Å². The molecule has 7 heteroatoms. The third-order valence-corrected chi connectivity index (χ3v) is 8.92. The molecule has 170 valence electrons. The second-order valence-corrected chi connectivity index (χ2v) is 11.3. The summed E-state index contributed by atoms with van der Waals surface area (Å²) >= 11 is 0. The molecule has 3 aliphatic rings. The van der Waals surface area contributed by atoms with Crippen LogP contribution in [0.4, 0.5) is 0 Å². The molecule has 0 bridgehead atoms. The van der Waals surface area contributed by atoms with Gasteiger partial charge in [-0.05, 0) is 49.9 Å². The summed E-state index contributed by atoms with van der Waals surface area (Å²) in [5.41, 5.74) is -0.435. The lowest BCUT2D eigenvalue weighted by Crippen LogP contribution is -2.36. The molecular weight excluding hydrogens is 414 g/mol. The molecular formula is C23H40N2O3P2. The standard InChI is InChI=1S/C15H24NO2P.C8H16NOP/c1-5-12-6-15(12,11(4)17)7-13(18)14-10(3)9(2)8-16(14)19;1-5-4-9(11)8(6(5)2)7(3)10/h5,9-10,12,14H,1,6-8,19H2,2-4H3;5-6,8H,4,11H2,1-3H3/t9-,10?,12+,14-,15-;5-,6?,8-/m00/s1. The van der Waals surface area contributed by atoms with E-state index in [9.17, 15) is 14.4 Å². The van der Waals surface area contributed by atoms with Crippen molar-refractivity contribution in [1.29, 1.82) is 0 Å². The number of carbonyl (C=O) groups excluding carboxylic acids is 3. The van der Waals surface area contributed by atoms with Gasteiger partial charge < -0.3 is 0 Å². The normalized spacial score (nSPS) is 41.1. The SMILES string of the molecule is C=C[C@@H]1C[C@]1(CC(=O)[C@@H]1C(C)[C@@H](C)CN1P)C(C)=O.CC(=O)[C@@H]1C(C)[C@@H](C)CN1P. The minimum Gasteiger partial charge on any atom is -0.299 e. The third kappa shape index (κ3) is 5.12. The highest BCUT2D eigenvalue weighted by Crippen LogP contribution is 2.57. The van der Waals surface area contributed by atoms with Crippen LogP contribution in [0.25, 0.3) is 0 Å². The summed E-state index contributed by atoms with van der Waals surface area (Å²) in [7, 11) is 5.31. The van der Waals surface area contributed by atoms with Crippen molar-refractivity contribution in [1.82, 2.24) is 9.34 Å². The summed E-state index contributed by atoms with van der Waals surface area (Å²) in [6, 6.07) is 0.0808. The third-order valence-electron chi connectivity index (χ3n) is 7.86. The smallest absolute Gasteiger partial charge is 0.151 e. The van der Waals surface area contributed by atoms with Gasteiger partial charge in [0.1, 0.15) is 11.6 Å². The van der Waals surface area contributed by atoms with Crippen molar-refractivity contribution < 1.29 is 14.4 Å². The number of hydrogen-bond acceptors (Lipinski definition) is 5. The summed E-state index contributed by atoms with van der Waals surface area (Å²) in [4.78, 5) is 35.6. The largest absolute Gasteiger partial charge is 0.299 e. The van der Waals surface area contributed by atoms with Gasteiger partial charge in [-0.15, -0.1) is 6.58 Å². The first-order chi connectivity index (χ1) is 13.9. The molecule has 0 spiro atoms. The maximum absolute atomic E-state index is 12.6. The Bertz CT molecular complexity index is 700. The summed E-state index contributed by atoms with van der Waals surface area (Å²) in [5.74, 6) is 2.86. The van der Waals surface area contributed by atoms with Gasteiger partial charge in [0.15, 0.2) is 5.78 Å². The van der Waals surface area contributed by atoms with E-state index in [0.717, 1.165) is 19.5 Å². The molecule has 3 fully saturated rings. The van der Waals surface area contributed by atoms with Crippen LogP contribution in [0.15, 0.2) is 12.7 Å². The van der Waals surface area contributed by atoms with Crippen molar-refractivity contribution >= 4 is 36.1 Å². The first-order valence-electron chi connectivity index (χ1n) is 11.1. The van der Waals surface area contributed by atoms with E-state index in [0.29, 0.717) is 30.1 Å². The number of nitrogens with zero attached hydrogens (tertiary/aromatic N) is 2. The fourth-order valence-electron chi connectivity index (χ4n) is 5.32. The van der Waals surface area contributed by atoms with E-state index < -0.39 is 5.41 Å². The topological polar surface area (TPSA) is 57.7 Å². The van der Waals surface area contributed by atoms with E-state index in [2.05, 4.69) is 62.4 Å². The highest BCUT2D eigenvalue weighted by Gasteiger charge is 2.58. The van der Waals surface area contributed by atoms with Crippen LogP contribution in [0.5, 0.6) is 0 Å². The number of rotatable bonds is 6. The quantitative estimate of drug-likeness (QED) is 0.452. The van der Waals surface area contributed by atoms with Gasteiger partial charge in [0.2, 0.25) is 0 Å². The highest BCUT2D eigenvalue weighted by atomic mass is 31.0. The van der Waals surface area contributed by atoms with Crippen LogP contribution >= 0.6 is 18.8 Å². The second-order valence-electron chi connectivity index (χ2n) is 9.97. The molecule has 2 saturated heterocycles. The number of ketones is 3. The van der Waals surface area contributed by atoms with Crippen LogP contribution in [0.1, 0.15) is 54.4 Å². The van der Waals surface area contributed by atoms with Crippen molar-refractivity contribution in [3.05, 3.63) is 12.7 Å². The van der Waals surface area contributed by atoms with Crippen LogP contribution < -0.4 is 0 Å². The molecule has 0 aromatic heterocycles. The van der Waals surface area contributed by atoms with Gasteiger partial charge in [-0.3, -0.25) is 23.7 Å². The maximum Gasteiger partial charge on any atom is 0.151 e. The van der Waals surface area contributed by atoms with E-state index in [4.69, 9.17) is 0 Å². The lowest BCUT2D eigenvalue weighted by Gasteiger charge is -2.24. The van der Waals surface area contributed by atoms with Gasteiger partial charge in [-0.25, -0.2) is 0 Å². The van der Waals surface area contributed by atoms with Crippen molar-refractivity contribution in [3.8, 4) is 0 Å². The number of carbonyl (C=O) groups is 3. The Labute approximate surface area is 187 Å². The zero-order valence-electron chi connectivity index (χ0n) is 19.4. The highest BCUT2D eigenvalue weighted by molar-refractivity contribution is 7.13. The van der Waals surface area contributed by atoms with Gasteiger partial charge in [0.05, 0.1) is 12.1 Å². The lowest BCUT2D eigenvalue weighted by atomic mass is 9.85.